The van der Waals surface area contributed by atoms with Crippen molar-refractivity contribution in [2.24, 2.45) is 0 Å². The molecule has 32 heavy (non-hydrogen) atoms. The minimum Gasteiger partial charge on any atom is -0.469 e. The minimum atomic E-state index is -0.382. The van der Waals surface area contributed by atoms with Crippen LogP contribution in [0.25, 0.3) is 0 Å². The van der Waals surface area contributed by atoms with E-state index >= 15 is 0 Å². The van der Waals surface area contributed by atoms with Gasteiger partial charge in [0.15, 0.2) is 5.13 Å². The van der Waals surface area contributed by atoms with Gasteiger partial charge in [-0.2, -0.15) is 0 Å². The molecule has 0 aliphatic rings. The van der Waals surface area contributed by atoms with E-state index < -0.39 is 0 Å². The molecule has 0 atom stereocenters. The first-order chi connectivity index (χ1) is 15.5. The number of halogens is 1. The molecule has 2 aromatic heterocycles. The fourth-order valence-corrected chi connectivity index (χ4v) is 3.58. The first-order valence-corrected chi connectivity index (χ1v) is 10.5. The maximum atomic E-state index is 13.2. The molecule has 0 radical (unpaired) electrons. The van der Waals surface area contributed by atoms with Crippen molar-refractivity contribution in [2.75, 3.05) is 10.6 Å². The second-order valence-corrected chi connectivity index (χ2v) is 7.66. The van der Waals surface area contributed by atoms with Crippen molar-refractivity contribution in [2.45, 2.75) is 13.3 Å². The third kappa shape index (κ3) is 5.38. The van der Waals surface area contributed by atoms with E-state index in [0.717, 1.165) is 0 Å². The molecule has 0 aliphatic heterocycles. The summed E-state index contributed by atoms with van der Waals surface area (Å²) in [4.78, 5) is 28.8. The number of aryl methyl sites for hydroxylation is 1. The fourth-order valence-electron chi connectivity index (χ4n) is 2.87. The minimum absolute atomic E-state index is 0.0542. The number of carbonyl (C=O) groups excluding carboxylic acids is 2. The molecular formula is C23H18FN3O4S. The van der Waals surface area contributed by atoms with Crippen LogP contribution < -0.4 is 15.4 Å². The highest BCUT2D eigenvalue weighted by Gasteiger charge is 2.14. The molecule has 0 spiro atoms. The number of amides is 2. The van der Waals surface area contributed by atoms with E-state index in [1.807, 2.05) is 0 Å². The summed E-state index contributed by atoms with van der Waals surface area (Å²) in [7, 11) is 0. The molecule has 0 unspecified atom stereocenters. The predicted molar refractivity (Wildman–Crippen MR) is 119 cm³/mol. The van der Waals surface area contributed by atoms with E-state index in [9.17, 15) is 14.0 Å². The van der Waals surface area contributed by atoms with E-state index in [1.165, 1.54) is 29.7 Å². The zero-order chi connectivity index (χ0) is 22.5. The second-order valence-electron chi connectivity index (χ2n) is 6.80. The monoisotopic (exact) mass is 451 g/mol. The van der Waals surface area contributed by atoms with Crippen LogP contribution in [0, 0.1) is 12.7 Å². The average molecular weight is 451 g/mol. The zero-order valence-corrected chi connectivity index (χ0v) is 17.7. The molecule has 162 valence electrons. The van der Waals surface area contributed by atoms with E-state index in [2.05, 4.69) is 15.6 Å². The zero-order valence-electron chi connectivity index (χ0n) is 16.9. The SMILES string of the molecule is Cc1occc1C(=O)Nc1nc(CC(=O)Nc2ccc(Oc3cccc(F)c3)cc2)cs1. The van der Waals surface area contributed by atoms with Crippen molar-refractivity contribution in [3.63, 3.8) is 0 Å². The highest BCUT2D eigenvalue weighted by atomic mass is 32.1. The van der Waals surface area contributed by atoms with E-state index in [1.54, 1.807) is 54.8 Å². The number of hydrogen-bond donors (Lipinski definition) is 2. The van der Waals surface area contributed by atoms with Crippen molar-refractivity contribution in [1.82, 2.24) is 4.98 Å². The number of thiazole rings is 1. The van der Waals surface area contributed by atoms with Gasteiger partial charge in [0.05, 0.1) is 23.9 Å². The van der Waals surface area contributed by atoms with Crippen LogP contribution in [0.4, 0.5) is 15.2 Å². The number of nitrogens with one attached hydrogen (secondary N) is 2. The lowest BCUT2D eigenvalue weighted by Crippen LogP contribution is -2.15. The Morgan fingerprint density at radius 3 is 2.62 bits per heavy atom. The average Bonchev–Trinajstić information content (AvgIpc) is 3.38. The Balaban J connectivity index is 1.30. The number of hydrogen-bond acceptors (Lipinski definition) is 6. The third-order valence-corrected chi connectivity index (χ3v) is 5.19. The van der Waals surface area contributed by atoms with Crippen LogP contribution in [0.5, 0.6) is 11.5 Å². The Hall–Kier alpha value is -3.98. The molecule has 2 heterocycles. The molecule has 4 aromatic rings. The van der Waals surface area contributed by atoms with Crippen LogP contribution in [0.1, 0.15) is 21.8 Å². The molecule has 0 bridgehead atoms. The van der Waals surface area contributed by atoms with E-state index in [4.69, 9.17) is 9.15 Å². The number of carbonyl (C=O) groups is 2. The van der Waals surface area contributed by atoms with Gasteiger partial charge in [-0.05, 0) is 49.4 Å². The summed E-state index contributed by atoms with van der Waals surface area (Å²) in [6, 6.07) is 14.2. The normalized spacial score (nSPS) is 10.6. The van der Waals surface area contributed by atoms with E-state index in [0.29, 0.717) is 39.3 Å². The number of furan rings is 1. The summed E-state index contributed by atoms with van der Waals surface area (Å²) < 4.78 is 24.0. The Morgan fingerprint density at radius 2 is 1.91 bits per heavy atom. The smallest absolute Gasteiger partial charge is 0.260 e. The maximum absolute atomic E-state index is 13.2. The van der Waals surface area contributed by atoms with Crippen molar-refractivity contribution in [3.05, 3.63) is 89.1 Å². The largest absolute Gasteiger partial charge is 0.469 e. The van der Waals surface area contributed by atoms with Crippen molar-refractivity contribution in [1.29, 1.82) is 0 Å². The number of nitrogens with zero attached hydrogens (tertiary/aromatic N) is 1. The van der Waals surface area contributed by atoms with Crippen LogP contribution >= 0.6 is 11.3 Å². The molecule has 2 N–H and O–H groups in total. The summed E-state index contributed by atoms with van der Waals surface area (Å²) in [5.41, 5.74) is 1.56. The van der Waals surface area contributed by atoms with Gasteiger partial charge in [0.1, 0.15) is 23.1 Å². The maximum Gasteiger partial charge on any atom is 0.260 e. The lowest BCUT2D eigenvalue weighted by Gasteiger charge is -2.08. The summed E-state index contributed by atoms with van der Waals surface area (Å²) in [5.74, 6) is 0.469. The Morgan fingerprint density at radius 1 is 1.09 bits per heavy atom. The van der Waals surface area contributed by atoms with Gasteiger partial charge in [-0.3, -0.25) is 14.9 Å². The highest BCUT2D eigenvalue weighted by molar-refractivity contribution is 7.14. The fraction of sp³-hybridized carbons (Fsp3) is 0.0870. The number of aromatic nitrogens is 1. The molecule has 0 aliphatic carbocycles. The number of benzene rings is 2. The van der Waals surface area contributed by atoms with Gasteiger partial charge < -0.3 is 14.5 Å². The Labute approximate surface area is 186 Å². The summed E-state index contributed by atoms with van der Waals surface area (Å²) in [6.45, 7) is 1.70. The lowest BCUT2D eigenvalue weighted by atomic mass is 10.2. The number of rotatable bonds is 7. The molecule has 2 aromatic carbocycles. The Kier molecular flexibility index (Phi) is 6.27. The van der Waals surface area contributed by atoms with Gasteiger partial charge in [-0.1, -0.05) is 6.07 Å². The van der Waals surface area contributed by atoms with E-state index in [-0.39, 0.29) is 24.1 Å². The molecule has 4 rings (SSSR count). The van der Waals surface area contributed by atoms with Gasteiger partial charge in [0.2, 0.25) is 5.91 Å². The topological polar surface area (TPSA) is 93.5 Å². The molecule has 0 saturated heterocycles. The van der Waals surface area contributed by atoms with Crippen LogP contribution in [0.15, 0.2) is 70.7 Å². The molecule has 9 heteroatoms. The third-order valence-electron chi connectivity index (χ3n) is 4.39. The van der Waals surface area contributed by atoms with Crippen LogP contribution in [0.3, 0.4) is 0 Å². The highest BCUT2D eigenvalue weighted by Crippen LogP contribution is 2.24. The number of ether oxygens (including phenoxy) is 1. The van der Waals surface area contributed by atoms with Gasteiger partial charge >= 0.3 is 0 Å². The molecule has 7 nitrogen and oxygen atoms in total. The summed E-state index contributed by atoms with van der Waals surface area (Å²) in [5, 5.41) is 7.59. The quantitative estimate of drug-likeness (QED) is 0.392. The number of anilines is 2. The first kappa shape index (κ1) is 21.3. The van der Waals surface area contributed by atoms with Crippen molar-refractivity contribution >= 4 is 34.0 Å². The van der Waals surface area contributed by atoms with Crippen molar-refractivity contribution in [3.8, 4) is 11.5 Å². The standard InChI is InChI=1S/C23H18FN3O4S/c1-14-20(9-10-30-14)22(29)27-23-26-17(13-32-23)12-21(28)25-16-5-7-18(8-6-16)31-19-4-2-3-15(24)11-19/h2-11,13H,12H2,1H3,(H,25,28)(H,26,27,29). The van der Waals surface area contributed by atoms with Crippen LogP contribution in [-0.4, -0.2) is 16.8 Å². The summed E-state index contributed by atoms with van der Waals surface area (Å²) in [6.07, 6.45) is 1.50. The van der Waals surface area contributed by atoms with Gasteiger partial charge in [-0.25, -0.2) is 9.37 Å². The molecule has 0 fully saturated rings. The predicted octanol–water partition coefficient (Wildman–Crippen LogP) is 5.41. The first-order valence-electron chi connectivity index (χ1n) is 9.59. The Bertz CT molecular complexity index is 1250. The lowest BCUT2D eigenvalue weighted by molar-refractivity contribution is -0.115. The molecule has 0 saturated carbocycles. The molecular weight excluding hydrogens is 433 g/mol. The second kappa shape index (κ2) is 9.44. The van der Waals surface area contributed by atoms with Gasteiger partial charge in [0, 0.05) is 17.1 Å². The van der Waals surface area contributed by atoms with Gasteiger partial charge in [0.25, 0.3) is 5.91 Å². The molecule has 2 amide bonds. The van der Waals surface area contributed by atoms with Crippen LogP contribution in [0.2, 0.25) is 0 Å². The summed E-state index contributed by atoms with van der Waals surface area (Å²) >= 11 is 1.24. The van der Waals surface area contributed by atoms with Crippen molar-refractivity contribution < 1.29 is 23.1 Å². The van der Waals surface area contributed by atoms with Gasteiger partial charge in [-0.15, -0.1) is 11.3 Å². The van der Waals surface area contributed by atoms with Crippen LogP contribution in [-0.2, 0) is 11.2 Å².